The molecular formula is C36H28FIN2O4S. The molecule has 0 saturated heterocycles. The molecule has 0 amide bonds. The molecular weight excluding hydrogens is 702 g/mol. The summed E-state index contributed by atoms with van der Waals surface area (Å²) in [4.78, 5) is 20.0. The number of aryl methyl sites for hydroxylation is 1. The molecule has 9 heteroatoms. The number of aromatic nitrogens is 1. The van der Waals surface area contributed by atoms with Gasteiger partial charge in [-0.1, -0.05) is 65.9 Å². The minimum Gasteiger partial charge on any atom is -0.497 e. The van der Waals surface area contributed by atoms with Crippen LogP contribution in [0.5, 0.6) is 17.2 Å². The zero-order chi connectivity index (χ0) is 31.1. The predicted octanol–water partition coefficient (Wildman–Crippen LogP) is 6.66. The SMILES string of the molecule is COc1cccc([C@H]2C3=C(N=c4s/c(=C\c5cc(I)c(OCc6ccccc6F)c(OC)c5)c(=O)n42)c2ccccc2CC3)c1. The second-order valence-corrected chi connectivity index (χ2v) is 13.0. The maximum Gasteiger partial charge on any atom is 0.271 e. The predicted molar refractivity (Wildman–Crippen MR) is 182 cm³/mol. The number of hydrogen-bond donors (Lipinski definition) is 0. The number of allylic oxidation sites excluding steroid dienone is 1. The van der Waals surface area contributed by atoms with Gasteiger partial charge in [-0.25, -0.2) is 9.38 Å². The first-order valence-corrected chi connectivity index (χ1v) is 16.4. The van der Waals surface area contributed by atoms with Gasteiger partial charge in [0, 0.05) is 11.1 Å². The van der Waals surface area contributed by atoms with Crippen molar-refractivity contribution in [3.8, 4) is 17.2 Å². The van der Waals surface area contributed by atoms with Crippen LogP contribution in [0.4, 0.5) is 4.39 Å². The number of methoxy groups -OCH3 is 2. The fourth-order valence-electron chi connectivity index (χ4n) is 6.01. The number of nitrogens with zero attached hydrogens (tertiary/aromatic N) is 2. The molecule has 2 aliphatic rings. The number of benzene rings is 4. The summed E-state index contributed by atoms with van der Waals surface area (Å²) in [7, 11) is 3.22. The van der Waals surface area contributed by atoms with Gasteiger partial charge < -0.3 is 14.2 Å². The van der Waals surface area contributed by atoms with Gasteiger partial charge in [0.25, 0.3) is 5.56 Å². The average Bonchev–Trinajstić information content (AvgIpc) is 3.37. The number of ether oxygens (including phenoxy) is 3. The third kappa shape index (κ3) is 5.48. The molecule has 1 atom stereocenters. The highest BCUT2D eigenvalue weighted by molar-refractivity contribution is 14.1. The summed E-state index contributed by atoms with van der Waals surface area (Å²) < 4.78 is 34.6. The summed E-state index contributed by atoms with van der Waals surface area (Å²) in [6.07, 6.45) is 3.57. The Balaban J connectivity index is 1.34. The second-order valence-electron chi connectivity index (χ2n) is 10.8. The monoisotopic (exact) mass is 730 g/mol. The molecule has 0 unspecified atom stereocenters. The van der Waals surface area contributed by atoms with Crippen LogP contribution in [0.15, 0.2) is 100 Å². The molecule has 0 N–H and O–H groups in total. The number of halogens is 2. The first-order chi connectivity index (χ1) is 21.9. The van der Waals surface area contributed by atoms with Crippen molar-refractivity contribution in [3.05, 3.63) is 147 Å². The van der Waals surface area contributed by atoms with Crippen molar-refractivity contribution in [2.45, 2.75) is 25.5 Å². The maximum absolute atomic E-state index is 14.2. The zero-order valence-electron chi connectivity index (χ0n) is 24.6. The number of fused-ring (bicyclic) bond motifs is 3. The summed E-state index contributed by atoms with van der Waals surface area (Å²) in [5, 5.41) is 0. The van der Waals surface area contributed by atoms with Gasteiger partial charge in [-0.3, -0.25) is 9.36 Å². The first-order valence-electron chi connectivity index (χ1n) is 14.5. The van der Waals surface area contributed by atoms with Crippen LogP contribution in [0.25, 0.3) is 11.8 Å². The molecule has 0 saturated carbocycles. The molecule has 1 aliphatic carbocycles. The van der Waals surface area contributed by atoms with E-state index in [1.165, 1.54) is 23.0 Å². The molecule has 2 heterocycles. The number of hydrogen-bond acceptors (Lipinski definition) is 6. The molecule has 5 aromatic rings. The van der Waals surface area contributed by atoms with Crippen LogP contribution in [0, 0.1) is 9.39 Å². The maximum atomic E-state index is 14.2. The van der Waals surface area contributed by atoms with E-state index in [2.05, 4.69) is 40.8 Å². The molecule has 1 aromatic heterocycles. The third-order valence-electron chi connectivity index (χ3n) is 8.16. The van der Waals surface area contributed by atoms with E-state index in [4.69, 9.17) is 19.2 Å². The molecule has 0 radical (unpaired) electrons. The van der Waals surface area contributed by atoms with E-state index >= 15 is 0 Å². The van der Waals surface area contributed by atoms with E-state index in [0.717, 1.165) is 50.1 Å². The van der Waals surface area contributed by atoms with Gasteiger partial charge in [0.1, 0.15) is 18.2 Å². The van der Waals surface area contributed by atoms with Crippen LogP contribution in [0.3, 0.4) is 0 Å². The molecule has 1 aliphatic heterocycles. The number of rotatable bonds is 7. The molecule has 45 heavy (non-hydrogen) atoms. The van der Waals surface area contributed by atoms with E-state index in [1.807, 2.05) is 53.1 Å². The lowest BCUT2D eigenvalue weighted by Gasteiger charge is -2.31. The fourth-order valence-corrected chi connectivity index (χ4v) is 7.80. The molecule has 0 fully saturated rings. The van der Waals surface area contributed by atoms with Gasteiger partial charge in [0.2, 0.25) is 0 Å². The van der Waals surface area contributed by atoms with Crippen molar-refractivity contribution in [1.82, 2.24) is 4.57 Å². The quantitative estimate of drug-likeness (QED) is 0.176. The van der Waals surface area contributed by atoms with Crippen molar-refractivity contribution >= 4 is 45.7 Å². The van der Waals surface area contributed by atoms with Crippen molar-refractivity contribution in [1.29, 1.82) is 0 Å². The Kier molecular flexibility index (Phi) is 8.05. The van der Waals surface area contributed by atoms with E-state index < -0.39 is 0 Å². The molecule has 226 valence electrons. The summed E-state index contributed by atoms with van der Waals surface area (Å²) in [5.41, 5.74) is 6.58. The fraction of sp³-hybridized carbons (Fsp3) is 0.167. The summed E-state index contributed by atoms with van der Waals surface area (Å²) in [6, 6.07) is 26.3. The van der Waals surface area contributed by atoms with Crippen LogP contribution in [-0.2, 0) is 13.0 Å². The summed E-state index contributed by atoms with van der Waals surface area (Å²) in [6.45, 7) is 0.0645. The summed E-state index contributed by atoms with van der Waals surface area (Å²) >= 11 is 3.55. The Morgan fingerprint density at radius 1 is 1.00 bits per heavy atom. The van der Waals surface area contributed by atoms with Gasteiger partial charge in [-0.15, -0.1) is 0 Å². The molecule has 7 rings (SSSR count). The second kappa shape index (κ2) is 12.3. The highest BCUT2D eigenvalue weighted by Crippen LogP contribution is 2.42. The van der Waals surface area contributed by atoms with Crippen molar-refractivity contribution in [3.63, 3.8) is 0 Å². The van der Waals surface area contributed by atoms with Crippen LogP contribution in [0.2, 0.25) is 0 Å². The summed E-state index contributed by atoms with van der Waals surface area (Å²) in [5.74, 6) is 1.43. The largest absolute Gasteiger partial charge is 0.497 e. The van der Waals surface area contributed by atoms with Gasteiger partial charge >= 0.3 is 0 Å². The average molecular weight is 731 g/mol. The zero-order valence-corrected chi connectivity index (χ0v) is 27.5. The van der Waals surface area contributed by atoms with Crippen molar-refractivity contribution in [2.75, 3.05) is 14.2 Å². The molecule has 0 bridgehead atoms. The Hall–Kier alpha value is -4.22. The van der Waals surface area contributed by atoms with E-state index in [0.29, 0.717) is 26.4 Å². The third-order valence-corrected chi connectivity index (χ3v) is 9.95. The molecule has 0 spiro atoms. The Morgan fingerprint density at radius 2 is 1.82 bits per heavy atom. The Morgan fingerprint density at radius 3 is 2.64 bits per heavy atom. The Bertz CT molecular complexity index is 2170. The highest BCUT2D eigenvalue weighted by Gasteiger charge is 2.32. The van der Waals surface area contributed by atoms with Crippen molar-refractivity contribution < 1.29 is 18.6 Å². The minimum absolute atomic E-state index is 0.0645. The van der Waals surface area contributed by atoms with Crippen LogP contribution in [0.1, 0.15) is 40.3 Å². The Labute approximate surface area is 276 Å². The van der Waals surface area contributed by atoms with Crippen LogP contribution < -0.4 is 29.1 Å². The lowest BCUT2D eigenvalue weighted by atomic mass is 9.83. The van der Waals surface area contributed by atoms with Crippen molar-refractivity contribution in [2.24, 2.45) is 4.99 Å². The van der Waals surface area contributed by atoms with Gasteiger partial charge in [-0.2, -0.15) is 0 Å². The highest BCUT2D eigenvalue weighted by atomic mass is 127. The van der Waals surface area contributed by atoms with Crippen LogP contribution in [-0.4, -0.2) is 18.8 Å². The first kappa shape index (κ1) is 29.5. The lowest BCUT2D eigenvalue weighted by Crippen LogP contribution is -2.38. The molecule has 6 nitrogen and oxygen atoms in total. The van der Waals surface area contributed by atoms with E-state index in [1.54, 1.807) is 32.4 Å². The normalized spacial score (nSPS) is 15.6. The topological polar surface area (TPSA) is 62.0 Å². The van der Waals surface area contributed by atoms with Gasteiger partial charge in [-0.05, 0) is 94.1 Å². The lowest BCUT2D eigenvalue weighted by molar-refractivity contribution is 0.277. The standard InChI is InChI=1S/C36H28FIN2O4S/c1-42-25-11-7-10-23(19-25)33-27-15-14-22-8-3-5-12-26(22)32(27)39-36-40(33)35(41)31(45-36)18-21-16-29(38)34(30(17-21)43-2)44-20-24-9-4-6-13-28(24)37/h3-13,16-19,33H,14-15,20H2,1-2H3/b31-18-/t33-/m0/s1. The van der Waals surface area contributed by atoms with Gasteiger partial charge in [0.15, 0.2) is 16.3 Å². The van der Waals surface area contributed by atoms with Crippen LogP contribution >= 0.6 is 33.9 Å². The number of thiazole rings is 1. The molecule has 4 aromatic carbocycles. The smallest absolute Gasteiger partial charge is 0.271 e. The van der Waals surface area contributed by atoms with Gasteiger partial charge in [0.05, 0.1) is 34.1 Å². The van der Waals surface area contributed by atoms with E-state index in [-0.39, 0.29) is 24.0 Å². The minimum atomic E-state index is -0.323. The van der Waals surface area contributed by atoms with E-state index in [9.17, 15) is 9.18 Å².